The molecular weight excluding hydrogens is 533 g/mol. The lowest BCUT2D eigenvalue weighted by Crippen LogP contribution is -2.52. The van der Waals surface area contributed by atoms with Crippen molar-refractivity contribution in [2.45, 2.75) is 72.5 Å². The molecule has 7 nitrogen and oxygen atoms in total. The van der Waals surface area contributed by atoms with Crippen LogP contribution >= 0.6 is 23.2 Å². The molecule has 0 saturated carbocycles. The van der Waals surface area contributed by atoms with Crippen molar-refractivity contribution in [2.75, 3.05) is 17.1 Å². The molecule has 1 N–H and O–H groups in total. The Morgan fingerprint density at radius 3 is 2.19 bits per heavy atom. The first-order valence-corrected chi connectivity index (χ1v) is 14.7. The van der Waals surface area contributed by atoms with Crippen LogP contribution < -0.4 is 9.62 Å². The molecule has 204 valence electrons. The van der Waals surface area contributed by atoms with Crippen LogP contribution in [0.5, 0.6) is 0 Å². The normalized spacial score (nSPS) is 12.7. The minimum absolute atomic E-state index is 0.0338. The summed E-state index contributed by atoms with van der Waals surface area (Å²) < 4.78 is 26.5. The van der Waals surface area contributed by atoms with E-state index in [-0.39, 0.29) is 37.7 Å². The molecule has 0 aliphatic heterocycles. The summed E-state index contributed by atoms with van der Waals surface area (Å²) in [5.41, 5.74) is 2.41. The Labute approximate surface area is 231 Å². The van der Waals surface area contributed by atoms with Gasteiger partial charge >= 0.3 is 0 Å². The summed E-state index contributed by atoms with van der Waals surface area (Å²) in [6, 6.07) is 9.89. The largest absolute Gasteiger partial charge is 0.350 e. The van der Waals surface area contributed by atoms with Crippen LogP contribution in [0.2, 0.25) is 10.0 Å². The third-order valence-electron chi connectivity index (χ3n) is 5.84. The van der Waals surface area contributed by atoms with Gasteiger partial charge in [-0.1, -0.05) is 41.4 Å². The van der Waals surface area contributed by atoms with Crippen molar-refractivity contribution >= 4 is 50.7 Å². The van der Waals surface area contributed by atoms with E-state index in [0.29, 0.717) is 21.3 Å². The molecule has 0 aromatic heterocycles. The third kappa shape index (κ3) is 8.90. The number of carbonyl (C=O) groups excluding carboxylic acids is 2. The molecule has 1 unspecified atom stereocenters. The summed E-state index contributed by atoms with van der Waals surface area (Å²) in [6.45, 7) is 11.2. The number of hydrogen-bond donors (Lipinski definition) is 1. The lowest BCUT2D eigenvalue weighted by atomic mass is 10.1. The van der Waals surface area contributed by atoms with Crippen molar-refractivity contribution in [3.8, 4) is 0 Å². The van der Waals surface area contributed by atoms with Crippen LogP contribution in [0.4, 0.5) is 5.69 Å². The van der Waals surface area contributed by atoms with E-state index in [1.807, 2.05) is 52.8 Å². The Morgan fingerprint density at radius 1 is 1.05 bits per heavy atom. The van der Waals surface area contributed by atoms with Crippen LogP contribution in [0, 0.1) is 13.8 Å². The van der Waals surface area contributed by atoms with Gasteiger partial charge in [-0.05, 0) is 77.3 Å². The second-order valence-corrected chi connectivity index (χ2v) is 13.1. The molecule has 10 heteroatoms. The average molecular weight is 571 g/mol. The first kappa shape index (κ1) is 30.9. The number of aryl methyl sites for hydroxylation is 2. The van der Waals surface area contributed by atoms with Gasteiger partial charge in [-0.25, -0.2) is 8.42 Å². The van der Waals surface area contributed by atoms with Crippen molar-refractivity contribution in [2.24, 2.45) is 0 Å². The maximum Gasteiger partial charge on any atom is 0.242 e. The molecule has 2 aromatic carbocycles. The summed E-state index contributed by atoms with van der Waals surface area (Å²) in [5.74, 6) is -0.612. The van der Waals surface area contributed by atoms with Gasteiger partial charge in [0, 0.05) is 40.7 Å². The predicted octanol–water partition coefficient (Wildman–Crippen LogP) is 5.49. The average Bonchev–Trinajstić information content (AvgIpc) is 2.76. The molecule has 0 bridgehead atoms. The summed E-state index contributed by atoms with van der Waals surface area (Å²) in [5, 5.41) is 3.70. The van der Waals surface area contributed by atoms with Crippen LogP contribution in [0.15, 0.2) is 36.4 Å². The van der Waals surface area contributed by atoms with E-state index in [1.54, 1.807) is 25.1 Å². The van der Waals surface area contributed by atoms with Crippen molar-refractivity contribution in [1.29, 1.82) is 0 Å². The van der Waals surface area contributed by atoms with E-state index in [0.717, 1.165) is 17.4 Å². The molecule has 2 rings (SSSR count). The molecule has 1 atom stereocenters. The third-order valence-corrected chi connectivity index (χ3v) is 7.73. The number of anilines is 1. The topological polar surface area (TPSA) is 86.8 Å². The van der Waals surface area contributed by atoms with Gasteiger partial charge in [-0.2, -0.15) is 0 Å². The summed E-state index contributed by atoms with van der Waals surface area (Å²) in [6.07, 6.45) is 1.45. The fourth-order valence-electron chi connectivity index (χ4n) is 3.88. The van der Waals surface area contributed by atoms with Crippen molar-refractivity contribution in [3.63, 3.8) is 0 Å². The number of sulfonamides is 1. The van der Waals surface area contributed by atoms with Crippen molar-refractivity contribution in [1.82, 2.24) is 10.2 Å². The first-order valence-electron chi connectivity index (χ1n) is 12.1. The van der Waals surface area contributed by atoms with Crippen LogP contribution in [-0.4, -0.2) is 49.5 Å². The number of hydrogen-bond acceptors (Lipinski definition) is 4. The lowest BCUT2D eigenvalue weighted by molar-refractivity contribution is -0.141. The quantitative estimate of drug-likeness (QED) is 0.410. The number of nitrogens with one attached hydrogen (secondary N) is 1. The van der Waals surface area contributed by atoms with E-state index in [4.69, 9.17) is 23.2 Å². The van der Waals surface area contributed by atoms with Gasteiger partial charge in [0.15, 0.2) is 0 Å². The Morgan fingerprint density at radius 2 is 1.65 bits per heavy atom. The maximum atomic E-state index is 13.5. The Bertz CT molecular complexity index is 1220. The number of rotatable bonds is 10. The van der Waals surface area contributed by atoms with E-state index in [9.17, 15) is 18.0 Å². The highest BCUT2D eigenvalue weighted by Crippen LogP contribution is 2.28. The second-order valence-electron chi connectivity index (χ2n) is 10.4. The van der Waals surface area contributed by atoms with E-state index in [2.05, 4.69) is 5.32 Å². The van der Waals surface area contributed by atoms with Gasteiger partial charge < -0.3 is 10.2 Å². The highest BCUT2D eigenvalue weighted by Gasteiger charge is 2.29. The standard InChI is InChI=1S/C27H37Cl2N3O4S/c1-18-13-14-19(2)24(16-18)32(37(7,35)36)15-9-12-25(33)31(20(3)26(34)30-27(4,5)6)17-21-22(28)10-8-11-23(21)29/h8,10-11,13-14,16,20H,9,12,15,17H2,1-7H3,(H,30,34). The Kier molecular flexibility index (Phi) is 10.5. The molecule has 0 aliphatic carbocycles. The zero-order valence-corrected chi connectivity index (χ0v) is 24.9. The van der Waals surface area contributed by atoms with E-state index >= 15 is 0 Å². The monoisotopic (exact) mass is 569 g/mol. The number of benzene rings is 2. The van der Waals surface area contributed by atoms with Crippen molar-refractivity contribution in [3.05, 3.63) is 63.1 Å². The summed E-state index contributed by atoms with van der Waals surface area (Å²) >= 11 is 12.7. The lowest BCUT2D eigenvalue weighted by Gasteiger charge is -2.32. The molecule has 0 saturated heterocycles. The zero-order valence-electron chi connectivity index (χ0n) is 22.6. The number of carbonyl (C=O) groups is 2. The van der Waals surface area contributed by atoms with E-state index in [1.165, 1.54) is 9.21 Å². The van der Waals surface area contributed by atoms with Gasteiger partial charge in [-0.15, -0.1) is 0 Å². The van der Waals surface area contributed by atoms with Crippen LogP contribution in [-0.2, 0) is 26.2 Å². The minimum Gasteiger partial charge on any atom is -0.350 e. The van der Waals surface area contributed by atoms with Gasteiger partial charge in [0.1, 0.15) is 6.04 Å². The van der Waals surface area contributed by atoms with Gasteiger partial charge in [0.25, 0.3) is 0 Å². The summed E-state index contributed by atoms with van der Waals surface area (Å²) in [4.78, 5) is 27.9. The molecule has 0 fully saturated rings. The number of nitrogens with zero attached hydrogens (tertiary/aromatic N) is 2. The molecule has 37 heavy (non-hydrogen) atoms. The van der Waals surface area contributed by atoms with Gasteiger partial charge in [-0.3, -0.25) is 13.9 Å². The predicted molar refractivity (Wildman–Crippen MR) is 152 cm³/mol. The van der Waals surface area contributed by atoms with Crippen LogP contribution in [0.25, 0.3) is 0 Å². The fraction of sp³-hybridized carbons (Fsp3) is 0.481. The smallest absolute Gasteiger partial charge is 0.242 e. The second kappa shape index (κ2) is 12.5. The number of halogens is 2. The Hall–Kier alpha value is -2.29. The van der Waals surface area contributed by atoms with Crippen LogP contribution in [0.1, 0.15) is 57.2 Å². The maximum absolute atomic E-state index is 13.5. The first-order chi connectivity index (χ1) is 17.0. The molecule has 0 spiro atoms. The number of amides is 2. The van der Waals surface area contributed by atoms with Crippen molar-refractivity contribution < 1.29 is 18.0 Å². The van der Waals surface area contributed by atoms with E-state index < -0.39 is 21.6 Å². The SMILES string of the molecule is Cc1ccc(C)c(N(CCCC(=O)N(Cc2c(Cl)cccc2Cl)C(C)C(=O)NC(C)(C)C)S(C)(=O)=O)c1. The van der Waals surface area contributed by atoms with Gasteiger partial charge in [0.2, 0.25) is 21.8 Å². The molecule has 2 amide bonds. The zero-order chi connectivity index (χ0) is 28.1. The molecule has 0 heterocycles. The molecule has 0 radical (unpaired) electrons. The highest BCUT2D eigenvalue weighted by molar-refractivity contribution is 7.92. The highest BCUT2D eigenvalue weighted by atomic mass is 35.5. The molecule has 2 aromatic rings. The minimum atomic E-state index is -3.58. The summed E-state index contributed by atoms with van der Waals surface area (Å²) in [7, 11) is -3.58. The molecule has 0 aliphatic rings. The fourth-order valence-corrected chi connectivity index (χ4v) is 5.41. The van der Waals surface area contributed by atoms with Crippen LogP contribution in [0.3, 0.4) is 0 Å². The molecular formula is C27H37Cl2N3O4S. The van der Waals surface area contributed by atoms with Gasteiger partial charge in [0.05, 0.1) is 11.9 Å². The Balaban J connectivity index is 2.28.